The first-order valence-corrected chi connectivity index (χ1v) is 13.6. The van der Waals surface area contributed by atoms with Gasteiger partial charge >= 0.3 is 5.97 Å². The molecule has 1 fully saturated rings. The first-order valence-electron chi connectivity index (χ1n) is 13.6. The van der Waals surface area contributed by atoms with Gasteiger partial charge < -0.3 is 10.0 Å². The Kier molecular flexibility index (Phi) is 7.32. The third-order valence-electron chi connectivity index (χ3n) is 8.43. The van der Waals surface area contributed by atoms with Crippen LogP contribution in [0.25, 0.3) is 11.1 Å². The van der Waals surface area contributed by atoms with Crippen LogP contribution in [0.4, 0.5) is 10.1 Å². The van der Waals surface area contributed by atoms with Gasteiger partial charge in [0, 0.05) is 55.7 Å². The number of nitrogens with zero attached hydrogens (tertiary/aromatic N) is 3. The van der Waals surface area contributed by atoms with Crippen molar-refractivity contribution in [1.29, 1.82) is 0 Å². The van der Waals surface area contributed by atoms with Gasteiger partial charge in [0.2, 0.25) is 0 Å². The van der Waals surface area contributed by atoms with E-state index >= 15 is 0 Å². The number of benzene rings is 2. The second-order valence-corrected chi connectivity index (χ2v) is 11.8. The van der Waals surface area contributed by atoms with E-state index in [1.54, 1.807) is 12.1 Å². The third-order valence-corrected chi connectivity index (χ3v) is 8.43. The molecule has 1 saturated heterocycles. The molecule has 0 unspecified atom stereocenters. The van der Waals surface area contributed by atoms with Crippen LogP contribution in [0.1, 0.15) is 53.3 Å². The molecule has 1 N–H and O–H groups in total. The van der Waals surface area contributed by atoms with Crippen molar-refractivity contribution in [2.75, 3.05) is 24.5 Å². The zero-order valence-corrected chi connectivity index (χ0v) is 23.0. The van der Waals surface area contributed by atoms with Gasteiger partial charge in [0.15, 0.2) is 0 Å². The van der Waals surface area contributed by atoms with Gasteiger partial charge in [-0.1, -0.05) is 36.5 Å². The standard InChI is InChI=1S/C31H37BFN3O2/c1-20-14-26(33)7-6-24(20)18-35-11-8-22-15-23(4-5-25(22)19-35)28-17-34-21(2)27(16-29(37)38)30(28)36-12-9-31(3,32)10-13-36/h4-7,14-15,17H,8-13,16,18-19,32H2,1-3H3,(H,37,38). The van der Waals surface area contributed by atoms with Gasteiger partial charge in [-0.05, 0) is 73.1 Å². The quantitative estimate of drug-likeness (QED) is 0.465. The van der Waals surface area contributed by atoms with Crippen molar-refractivity contribution in [2.45, 2.75) is 64.9 Å². The molecule has 2 aromatic carbocycles. The second kappa shape index (κ2) is 10.5. The summed E-state index contributed by atoms with van der Waals surface area (Å²) in [5.41, 5.74) is 9.59. The first kappa shape index (κ1) is 26.4. The minimum absolute atomic E-state index is 0.0232. The molecule has 38 heavy (non-hydrogen) atoms. The number of carbonyl (C=O) groups is 1. The Hall–Kier alpha value is -3.19. The molecule has 198 valence electrons. The molecule has 2 aliphatic rings. The average molecular weight is 513 g/mol. The van der Waals surface area contributed by atoms with Gasteiger partial charge in [-0.25, -0.2) is 4.39 Å². The number of aryl methyl sites for hydroxylation is 2. The van der Waals surface area contributed by atoms with Gasteiger partial charge in [-0.2, -0.15) is 0 Å². The fourth-order valence-corrected chi connectivity index (χ4v) is 5.90. The molecular weight excluding hydrogens is 476 g/mol. The highest BCUT2D eigenvalue weighted by atomic mass is 19.1. The maximum Gasteiger partial charge on any atom is 0.307 e. The van der Waals surface area contributed by atoms with Crippen molar-refractivity contribution in [2.24, 2.45) is 0 Å². The zero-order valence-electron chi connectivity index (χ0n) is 23.0. The number of anilines is 1. The van der Waals surface area contributed by atoms with E-state index in [0.717, 1.165) is 91.2 Å². The van der Waals surface area contributed by atoms with Gasteiger partial charge in [-0.3, -0.25) is 14.7 Å². The molecule has 2 aliphatic heterocycles. The molecule has 0 radical (unpaired) electrons. The summed E-state index contributed by atoms with van der Waals surface area (Å²) in [7, 11) is 2.31. The number of halogens is 1. The van der Waals surface area contributed by atoms with Crippen LogP contribution in [0, 0.1) is 19.7 Å². The monoisotopic (exact) mass is 513 g/mol. The van der Waals surface area contributed by atoms with Crippen molar-refractivity contribution in [3.05, 3.63) is 81.9 Å². The van der Waals surface area contributed by atoms with Gasteiger partial charge in [-0.15, -0.1) is 0 Å². The fraction of sp³-hybridized carbons (Fsp3) is 0.419. The van der Waals surface area contributed by atoms with Crippen LogP contribution in [-0.2, 0) is 30.7 Å². The van der Waals surface area contributed by atoms with E-state index in [-0.39, 0.29) is 12.2 Å². The van der Waals surface area contributed by atoms with Crippen LogP contribution in [0.2, 0.25) is 5.31 Å². The Morgan fingerprint density at radius 3 is 2.58 bits per heavy atom. The van der Waals surface area contributed by atoms with E-state index in [4.69, 9.17) is 0 Å². The van der Waals surface area contributed by atoms with E-state index in [0.29, 0.717) is 5.31 Å². The fourth-order valence-electron chi connectivity index (χ4n) is 5.90. The summed E-state index contributed by atoms with van der Waals surface area (Å²) in [5, 5.41) is 10.0. The van der Waals surface area contributed by atoms with Crippen LogP contribution < -0.4 is 4.90 Å². The molecule has 5 rings (SSSR count). The van der Waals surface area contributed by atoms with Gasteiger partial charge in [0.1, 0.15) is 13.7 Å². The van der Waals surface area contributed by atoms with Gasteiger partial charge in [0.05, 0.1) is 12.1 Å². The number of hydrogen-bond donors (Lipinski definition) is 1. The number of aromatic nitrogens is 1. The Bertz CT molecular complexity index is 1360. The Labute approximate surface area is 226 Å². The molecule has 3 heterocycles. The third kappa shape index (κ3) is 5.63. The van der Waals surface area contributed by atoms with Crippen LogP contribution >= 0.6 is 0 Å². The molecule has 0 aliphatic carbocycles. The van der Waals surface area contributed by atoms with Crippen molar-refractivity contribution < 1.29 is 14.3 Å². The molecule has 0 bridgehead atoms. The highest BCUT2D eigenvalue weighted by Gasteiger charge is 2.29. The van der Waals surface area contributed by atoms with Crippen molar-refractivity contribution in [3.8, 4) is 11.1 Å². The van der Waals surface area contributed by atoms with Gasteiger partial charge in [0.25, 0.3) is 0 Å². The number of hydrogen-bond acceptors (Lipinski definition) is 4. The van der Waals surface area contributed by atoms with E-state index in [9.17, 15) is 14.3 Å². The summed E-state index contributed by atoms with van der Waals surface area (Å²) in [6, 6.07) is 11.7. The summed E-state index contributed by atoms with van der Waals surface area (Å²) in [6.07, 6.45) is 5.01. The molecule has 1 aromatic heterocycles. The lowest BCUT2D eigenvalue weighted by molar-refractivity contribution is -0.136. The summed E-state index contributed by atoms with van der Waals surface area (Å²) in [5.74, 6) is -1.01. The smallest absolute Gasteiger partial charge is 0.307 e. The molecular formula is C31H37BFN3O2. The summed E-state index contributed by atoms with van der Waals surface area (Å²) >= 11 is 0. The molecule has 0 spiro atoms. The molecule has 5 nitrogen and oxygen atoms in total. The Morgan fingerprint density at radius 2 is 1.87 bits per heavy atom. The largest absolute Gasteiger partial charge is 0.481 e. The predicted molar refractivity (Wildman–Crippen MR) is 153 cm³/mol. The van der Waals surface area contributed by atoms with E-state index in [1.807, 2.05) is 26.1 Å². The molecule has 7 heteroatoms. The van der Waals surface area contributed by atoms with Crippen molar-refractivity contribution >= 4 is 19.5 Å². The summed E-state index contributed by atoms with van der Waals surface area (Å²) in [6.45, 7) is 10.6. The number of pyridine rings is 1. The number of carboxylic acid groups (broad SMARTS) is 1. The summed E-state index contributed by atoms with van der Waals surface area (Å²) in [4.78, 5) is 21.3. The summed E-state index contributed by atoms with van der Waals surface area (Å²) < 4.78 is 13.5. The Morgan fingerprint density at radius 1 is 1.11 bits per heavy atom. The van der Waals surface area contributed by atoms with Crippen LogP contribution in [0.15, 0.2) is 42.6 Å². The first-order chi connectivity index (χ1) is 18.1. The van der Waals surface area contributed by atoms with Crippen LogP contribution in [0.3, 0.4) is 0 Å². The number of piperidine rings is 1. The van der Waals surface area contributed by atoms with E-state index in [1.165, 1.54) is 11.1 Å². The maximum absolute atomic E-state index is 13.5. The maximum atomic E-state index is 13.5. The lowest BCUT2D eigenvalue weighted by Crippen LogP contribution is -2.37. The molecule has 0 saturated carbocycles. The van der Waals surface area contributed by atoms with E-state index in [2.05, 4.69) is 47.8 Å². The zero-order chi connectivity index (χ0) is 27.0. The molecule has 3 aromatic rings. The SMILES string of the molecule is BC1(C)CCN(c2c(-c3ccc4c(c3)CCN(Cc3ccc(F)cc3C)C4)cnc(C)c2CC(=O)O)CC1. The highest BCUT2D eigenvalue weighted by molar-refractivity contribution is 6.15. The second-order valence-electron chi connectivity index (χ2n) is 11.8. The van der Waals surface area contributed by atoms with Crippen molar-refractivity contribution in [3.63, 3.8) is 0 Å². The number of rotatable bonds is 6. The highest BCUT2D eigenvalue weighted by Crippen LogP contribution is 2.42. The topological polar surface area (TPSA) is 56.7 Å². The van der Waals surface area contributed by atoms with E-state index < -0.39 is 5.97 Å². The van der Waals surface area contributed by atoms with Crippen LogP contribution in [-0.4, -0.2) is 48.4 Å². The van der Waals surface area contributed by atoms with Crippen LogP contribution in [0.5, 0.6) is 0 Å². The minimum Gasteiger partial charge on any atom is -0.481 e. The molecule has 0 amide bonds. The van der Waals surface area contributed by atoms with Crippen molar-refractivity contribution in [1.82, 2.24) is 9.88 Å². The average Bonchev–Trinajstić information content (AvgIpc) is 2.86. The number of aliphatic carboxylic acids is 1. The lowest BCUT2D eigenvalue weighted by Gasteiger charge is -2.40. The Balaban J connectivity index is 1.45. The number of fused-ring (bicyclic) bond motifs is 1. The lowest BCUT2D eigenvalue weighted by atomic mass is 9.64. The predicted octanol–water partition coefficient (Wildman–Crippen LogP) is 5.10. The minimum atomic E-state index is -0.826. The number of carboxylic acids is 1. The molecule has 0 atom stereocenters. The normalized spacial score (nSPS) is 17.3.